The quantitative estimate of drug-likeness (QED) is 0.198. The number of rotatable bonds is 13. The summed E-state index contributed by atoms with van der Waals surface area (Å²) < 4.78 is 17.5. The largest absolute Gasteiger partial charge is 0.494 e. The molecule has 0 saturated heterocycles. The molecule has 0 atom stereocenters. The van der Waals surface area contributed by atoms with Gasteiger partial charge in [-0.05, 0) is 55.3 Å². The van der Waals surface area contributed by atoms with Gasteiger partial charge in [0.1, 0.15) is 41.9 Å². The number of carboxylic acid groups (broad SMARTS) is 1. The molecular weight excluding hydrogens is 434 g/mol. The van der Waals surface area contributed by atoms with Gasteiger partial charge >= 0.3 is 5.97 Å². The Kier molecular flexibility index (Phi) is 9.34. The molecule has 0 saturated carbocycles. The zero-order chi connectivity index (χ0) is 24.2. The summed E-state index contributed by atoms with van der Waals surface area (Å²) in [5.41, 5.74) is 1.96. The van der Waals surface area contributed by atoms with Gasteiger partial charge in [0.2, 0.25) is 0 Å². The standard InChI is InChI=1S/C27H29NO6/c1-3-13-33-28-26(21-9-8-12-23(17-21)34-22-10-6-5-7-11-22)19-32-25-15-20(16-27(29)30)14-24(18-25)31-4-2/h5-12,14-15,17-18H,3-4,13,16,19H2,1-2H3,(H,29,30)/b28-26+. The SMILES string of the molecule is CCCO/N=C(\COc1cc(CC(=O)O)cc(OCC)c1)c1cccc(Oc2ccccc2)c1. The molecular formula is C27H29NO6. The third-order valence-corrected chi connectivity index (χ3v) is 4.60. The van der Waals surface area contributed by atoms with Crippen LogP contribution in [0.1, 0.15) is 31.4 Å². The maximum atomic E-state index is 11.2. The van der Waals surface area contributed by atoms with Crippen LogP contribution >= 0.6 is 0 Å². The predicted molar refractivity (Wildman–Crippen MR) is 130 cm³/mol. The van der Waals surface area contributed by atoms with E-state index in [1.165, 1.54) is 0 Å². The van der Waals surface area contributed by atoms with Crippen LogP contribution in [0.5, 0.6) is 23.0 Å². The smallest absolute Gasteiger partial charge is 0.307 e. The minimum absolute atomic E-state index is 0.112. The molecule has 0 spiro atoms. The van der Waals surface area contributed by atoms with Gasteiger partial charge in [0.15, 0.2) is 0 Å². The molecule has 0 unspecified atom stereocenters. The van der Waals surface area contributed by atoms with Crippen molar-refractivity contribution in [2.75, 3.05) is 19.8 Å². The highest BCUT2D eigenvalue weighted by molar-refractivity contribution is 6.01. The van der Waals surface area contributed by atoms with E-state index < -0.39 is 5.97 Å². The fourth-order valence-corrected chi connectivity index (χ4v) is 3.13. The van der Waals surface area contributed by atoms with Gasteiger partial charge in [-0.3, -0.25) is 4.79 Å². The number of ether oxygens (including phenoxy) is 3. The highest BCUT2D eigenvalue weighted by atomic mass is 16.6. The Hall–Kier alpha value is -4.00. The molecule has 178 valence electrons. The second kappa shape index (κ2) is 12.9. The first-order chi connectivity index (χ1) is 16.6. The number of carbonyl (C=O) groups is 1. The maximum Gasteiger partial charge on any atom is 0.307 e. The first-order valence-corrected chi connectivity index (χ1v) is 11.2. The molecule has 0 radical (unpaired) electrons. The summed E-state index contributed by atoms with van der Waals surface area (Å²) in [6, 6.07) is 22.2. The molecule has 0 aromatic heterocycles. The molecule has 0 bridgehead atoms. The van der Waals surface area contributed by atoms with Gasteiger partial charge in [0.25, 0.3) is 0 Å². The molecule has 0 aliphatic carbocycles. The van der Waals surface area contributed by atoms with Crippen LogP contribution in [0, 0.1) is 0 Å². The van der Waals surface area contributed by atoms with Crippen molar-refractivity contribution < 1.29 is 28.9 Å². The number of carboxylic acids is 1. The third kappa shape index (κ3) is 7.85. The van der Waals surface area contributed by atoms with Gasteiger partial charge in [-0.25, -0.2) is 0 Å². The number of para-hydroxylation sites is 1. The molecule has 1 N–H and O–H groups in total. The number of oxime groups is 1. The fourth-order valence-electron chi connectivity index (χ4n) is 3.13. The van der Waals surface area contributed by atoms with E-state index in [-0.39, 0.29) is 13.0 Å². The second-order valence-corrected chi connectivity index (χ2v) is 7.42. The molecule has 3 aromatic rings. The zero-order valence-corrected chi connectivity index (χ0v) is 19.4. The van der Waals surface area contributed by atoms with Crippen molar-refractivity contribution in [1.82, 2.24) is 0 Å². The summed E-state index contributed by atoms with van der Waals surface area (Å²) in [5.74, 6) is 1.51. The van der Waals surface area contributed by atoms with Gasteiger partial charge in [0, 0.05) is 11.6 Å². The number of nitrogens with zero attached hydrogens (tertiary/aromatic N) is 1. The molecule has 0 amide bonds. The maximum absolute atomic E-state index is 11.2. The second-order valence-electron chi connectivity index (χ2n) is 7.42. The molecule has 0 heterocycles. The van der Waals surface area contributed by atoms with Crippen LogP contribution in [0.3, 0.4) is 0 Å². The van der Waals surface area contributed by atoms with E-state index >= 15 is 0 Å². The lowest BCUT2D eigenvalue weighted by Gasteiger charge is -2.13. The van der Waals surface area contributed by atoms with Gasteiger partial charge in [-0.2, -0.15) is 0 Å². The summed E-state index contributed by atoms with van der Waals surface area (Å²) >= 11 is 0. The molecule has 7 nitrogen and oxygen atoms in total. The van der Waals surface area contributed by atoms with E-state index in [1.807, 2.05) is 68.4 Å². The van der Waals surface area contributed by atoms with Crippen molar-refractivity contribution in [3.8, 4) is 23.0 Å². The van der Waals surface area contributed by atoms with Gasteiger partial charge in [-0.15, -0.1) is 0 Å². The molecule has 7 heteroatoms. The predicted octanol–water partition coefficient (Wildman–Crippen LogP) is 5.71. The zero-order valence-electron chi connectivity index (χ0n) is 19.4. The van der Waals surface area contributed by atoms with Crippen LogP contribution in [-0.2, 0) is 16.1 Å². The van der Waals surface area contributed by atoms with E-state index in [9.17, 15) is 4.79 Å². The van der Waals surface area contributed by atoms with Crippen molar-refractivity contribution in [3.63, 3.8) is 0 Å². The van der Waals surface area contributed by atoms with E-state index in [4.69, 9.17) is 24.2 Å². The Morgan fingerprint density at radius 2 is 1.59 bits per heavy atom. The lowest BCUT2D eigenvalue weighted by atomic mass is 10.1. The normalized spacial score (nSPS) is 11.1. The number of hydrogen-bond donors (Lipinski definition) is 1. The van der Waals surface area contributed by atoms with Crippen molar-refractivity contribution in [2.24, 2.45) is 5.16 Å². The van der Waals surface area contributed by atoms with Crippen LogP contribution in [0.2, 0.25) is 0 Å². The summed E-state index contributed by atoms with van der Waals surface area (Å²) in [6.45, 7) is 4.92. The van der Waals surface area contributed by atoms with Gasteiger partial charge in [0.05, 0.1) is 13.0 Å². The topological polar surface area (TPSA) is 86.6 Å². The highest BCUT2D eigenvalue weighted by Crippen LogP contribution is 2.25. The van der Waals surface area contributed by atoms with Gasteiger partial charge < -0.3 is 24.2 Å². The number of aliphatic carboxylic acids is 1. The van der Waals surface area contributed by atoms with Crippen LogP contribution < -0.4 is 14.2 Å². The fraction of sp³-hybridized carbons (Fsp3) is 0.259. The highest BCUT2D eigenvalue weighted by Gasteiger charge is 2.11. The van der Waals surface area contributed by atoms with Crippen molar-refractivity contribution >= 4 is 11.7 Å². The lowest BCUT2D eigenvalue weighted by Crippen LogP contribution is -2.14. The average Bonchev–Trinajstić information content (AvgIpc) is 2.82. The molecule has 3 rings (SSSR count). The molecule has 0 fully saturated rings. The minimum atomic E-state index is -0.926. The third-order valence-electron chi connectivity index (χ3n) is 4.60. The average molecular weight is 464 g/mol. The van der Waals surface area contributed by atoms with E-state index in [0.29, 0.717) is 41.7 Å². The Morgan fingerprint density at radius 1 is 0.853 bits per heavy atom. The number of benzene rings is 3. The summed E-state index contributed by atoms with van der Waals surface area (Å²) in [6.07, 6.45) is 0.695. The first kappa shape index (κ1) is 24.6. The molecule has 0 aliphatic heterocycles. The van der Waals surface area contributed by atoms with Crippen molar-refractivity contribution in [2.45, 2.75) is 26.7 Å². The van der Waals surface area contributed by atoms with Crippen LogP contribution in [0.25, 0.3) is 0 Å². The van der Waals surface area contributed by atoms with Crippen molar-refractivity contribution in [1.29, 1.82) is 0 Å². The summed E-state index contributed by atoms with van der Waals surface area (Å²) in [5, 5.41) is 13.5. The minimum Gasteiger partial charge on any atom is -0.494 e. The number of hydrogen-bond acceptors (Lipinski definition) is 6. The van der Waals surface area contributed by atoms with E-state index in [2.05, 4.69) is 5.16 Å². The summed E-state index contributed by atoms with van der Waals surface area (Å²) in [4.78, 5) is 16.6. The lowest BCUT2D eigenvalue weighted by molar-refractivity contribution is -0.136. The van der Waals surface area contributed by atoms with E-state index in [1.54, 1.807) is 18.2 Å². The Bertz CT molecular complexity index is 1100. The van der Waals surface area contributed by atoms with Crippen LogP contribution in [0.15, 0.2) is 78.0 Å². The molecule has 3 aromatic carbocycles. The van der Waals surface area contributed by atoms with Crippen molar-refractivity contribution in [3.05, 3.63) is 83.9 Å². The first-order valence-electron chi connectivity index (χ1n) is 11.2. The van der Waals surface area contributed by atoms with E-state index in [0.717, 1.165) is 17.7 Å². The van der Waals surface area contributed by atoms with Crippen LogP contribution in [0.4, 0.5) is 0 Å². The Morgan fingerprint density at radius 3 is 2.29 bits per heavy atom. The molecule has 34 heavy (non-hydrogen) atoms. The summed E-state index contributed by atoms with van der Waals surface area (Å²) in [7, 11) is 0. The Balaban J connectivity index is 1.81. The monoisotopic (exact) mass is 463 g/mol. The van der Waals surface area contributed by atoms with Crippen LogP contribution in [-0.4, -0.2) is 36.6 Å². The Labute approximate surface area is 199 Å². The molecule has 0 aliphatic rings. The van der Waals surface area contributed by atoms with Gasteiger partial charge in [-0.1, -0.05) is 42.4 Å².